The second kappa shape index (κ2) is 5.92. The fourth-order valence-electron chi connectivity index (χ4n) is 2.50. The molecule has 0 aromatic heterocycles. The number of benzene rings is 2. The van der Waals surface area contributed by atoms with E-state index in [1.165, 1.54) is 0 Å². The average molecular weight is 279 g/mol. The maximum Gasteiger partial charge on any atom is 0.169 e. The van der Waals surface area contributed by atoms with Crippen LogP contribution in [0.15, 0.2) is 65.8 Å². The Hall–Kier alpha value is -2.42. The quantitative estimate of drug-likeness (QED) is 0.800. The number of nitrogens with zero attached hydrogens (tertiary/aromatic N) is 1. The average Bonchev–Trinajstić information content (AvgIpc) is 3.05. The predicted molar refractivity (Wildman–Crippen MR) is 82.4 cm³/mol. The Morgan fingerprint density at radius 3 is 2.38 bits per heavy atom. The minimum Gasteiger partial charge on any atom is -0.391 e. The molecule has 21 heavy (non-hydrogen) atoms. The van der Waals surface area contributed by atoms with Gasteiger partial charge in [0, 0.05) is 12.0 Å². The van der Waals surface area contributed by atoms with Gasteiger partial charge in [0.1, 0.15) is 6.10 Å². The van der Waals surface area contributed by atoms with Crippen LogP contribution in [0, 0.1) is 5.92 Å². The molecule has 2 unspecified atom stereocenters. The van der Waals surface area contributed by atoms with Crippen molar-refractivity contribution in [2.75, 3.05) is 0 Å². The molecule has 0 fully saturated rings. The zero-order valence-corrected chi connectivity index (χ0v) is 11.9. The lowest BCUT2D eigenvalue weighted by molar-refractivity contribution is 0.0409. The van der Waals surface area contributed by atoms with Crippen molar-refractivity contribution < 1.29 is 9.63 Å². The van der Waals surface area contributed by atoms with Crippen LogP contribution in [0.2, 0.25) is 0 Å². The summed E-state index contributed by atoms with van der Waals surface area (Å²) in [5, 5.41) is 4.15. The van der Waals surface area contributed by atoms with Crippen molar-refractivity contribution >= 4 is 11.5 Å². The monoisotopic (exact) mass is 279 g/mol. The summed E-state index contributed by atoms with van der Waals surface area (Å²) in [6, 6.07) is 19.3. The summed E-state index contributed by atoms with van der Waals surface area (Å²) in [5.41, 5.74) is 2.69. The van der Waals surface area contributed by atoms with Crippen LogP contribution in [0.5, 0.6) is 0 Å². The molecule has 0 bridgehead atoms. The van der Waals surface area contributed by atoms with E-state index in [4.69, 9.17) is 4.84 Å². The smallest absolute Gasteiger partial charge is 0.169 e. The molecule has 0 N–H and O–H groups in total. The van der Waals surface area contributed by atoms with E-state index in [1.807, 2.05) is 67.6 Å². The molecule has 2 aromatic rings. The van der Waals surface area contributed by atoms with Crippen LogP contribution >= 0.6 is 0 Å². The van der Waals surface area contributed by atoms with Gasteiger partial charge in [-0.1, -0.05) is 72.7 Å². The maximum atomic E-state index is 12.4. The second-order valence-corrected chi connectivity index (χ2v) is 5.27. The van der Waals surface area contributed by atoms with Gasteiger partial charge in [0.05, 0.1) is 11.6 Å². The highest BCUT2D eigenvalue weighted by molar-refractivity contribution is 6.03. The van der Waals surface area contributed by atoms with E-state index in [0.29, 0.717) is 6.42 Å². The first-order chi connectivity index (χ1) is 10.3. The maximum absolute atomic E-state index is 12.4. The minimum absolute atomic E-state index is 0.102. The van der Waals surface area contributed by atoms with Crippen LogP contribution in [0.25, 0.3) is 0 Å². The lowest BCUT2D eigenvalue weighted by atomic mass is 9.90. The van der Waals surface area contributed by atoms with Crippen molar-refractivity contribution in [1.29, 1.82) is 0 Å². The molecular weight excluding hydrogens is 262 g/mol. The van der Waals surface area contributed by atoms with E-state index in [2.05, 4.69) is 5.16 Å². The van der Waals surface area contributed by atoms with Crippen molar-refractivity contribution in [2.45, 2.75) is 19.4 Å². The van der Waals surface area contributed by atoms with Gasteiger partial charge in [0.15, 0.2) is 5.78 Å². The summed E-state index contributed by atoms with van der Waals surface area (Å²) in [6.07, 6.45) is 0.483. The summed E-state index contributed by atoms with van der Waals surface area (Å²) in [4.78, 5) is 17.9. The fourth-order valence-corrected chi connectivity index (χ4v) is 2.50. The van der Waals surface area contributed by atoms with Gasteiger partial charge in [-0.25, -0.2) is 0 Å². The molecule has 106 valence electrons. The van der Waals surface area contributed by atoms with Gasteiger partial charge in [-0.15, -0.1) is 0 Å². The summed E-state index contributed by atoms with van der Waals surface area (Å²) in [6.45, 7) is 1.91. The molecule has 0 spiro atoms. The first-order valence-electron chi connectivity index (χ1n) is 7.13. The molecule has 3 rings (SSSR count). The van der Waals surface area contributed by atoms with Crippen molar-refractivity contribution in [1.82, 2.24) is 0 Å². The number of rotatable bonds is 4. The van der Waals surface area contributed by atoms with Gasteiger partial charge in [0.2, 0.25) is 0 Å². The van der Waals surface area contributed by atoms with E-state index >= 15 is 0 Å². The Balaban J connectivity index is 1.69. The minimum atomic E-state index is -0.211. The summed E-state index contributed by atoms with van der Waals surface area (Å²) >= 11 is 0. The number of Topliss-reactive ketones (excluding diaryl/α,β-unsaturated/α-hetero) is 1. The van der Waals surface area contributed by atoms with Crippen LogP contribution in [0.4, 0.5) is 0 Å². The number of carbonyl (C=O) groups excluding carboxylic acids is 1. The van der Waals surface area contributed by atoms with Gasteiger partial charge < -0.3 is 4.84 Å². The van der Waals surface area contributed by atoms with Gasteiger partial charge in [-0.05, 0) is 5.56 Å². The lowest BCUT2D eigenvalue weighted by Gasteiger charge is -2.16. The van der Waals surface area contributed by atoms with Crippen LogP contribution < -0.4 is 0 Å². The summed E-state index contributed by atoms with van der Waals surface area (Å²) in [7, 11) is 0. The Morgan fingerprint density at radius 1 is 1.10 bits per heavy atom. The summed E-state index contributed by atoms with van der Waals surface area (Å²) in [5.74, 6) is -0.109. The first-order valence-corrected chi connectivity index (χ1v) is 7.13. The topological polar surface area (TPSA) is 38.7 Å². The molecule has 0 aliphatic carbocycles. The van der Waals surface area contributed by atoms with Gasteiger partial charge in [-0.3, -0.25) is 4.79 Å². The van der Waals surface area contributed by atoms with Crippen molar-refractivity contribution in [3.8, 4) is 0 Å². The van der Waals surface area contributed by atoms with E-state index in [0.717, 1.165) is 16.8 Å². The molecule has 1 aliphatic rings. The molecule has 2 aromatic carbocycles. The van der Waals surface area contributed by atoms with Crippen LogP contribution in [0.3, 0.4) is 0 Å². The third-order valence-corrected chi connectivity index (χ3v) is 3.83. The largest absolute Gasteiger partial charge is 0.391 e. The van der Waals surface area contributed by atoms with Gasteiger partial charge in [-0.2, -0.15) is 0 Å². The lowest BCUT2D eigenvalue weighted by Crippen LogP contribution is -2.26. The van der Waals surface area contributed by atoms with Crippen LogP contribution in [0.1, 0.15) is 29.3 Å². The standard InChI is InChI=1S/C18H17NO2/c1-13(18(20)15-10-6-3-7-11-15)17-12-16(19-21-17)14-8-4-2-5-9-14/h2-11,13,17H,12H2,1H3. The Kier molecular flexibility index (Phi) is 3.82. The summed E-state index contributed by atoms with van der Waals surface area (Å²) < 4.78 is 0. The Labute approximate surface area is 124 Å². The molecule has 0 saturated carbocycles. The molecular formula is C18H17NO2. The highest BCUT2D eigenvalue weighted by atomic mass is 16.6. The number of carbonyl (C=O) groups is 1. The highest BCUT2D eigenvalue weighted by Gasteiger charge is 2.32. The Bertz CT molecular complexity index is 649. The van der Waals surface area contributed by atoms with E-state index in [1.54, 1.807) is 0 Å². The number of hydrogen-bond acceptors (Lipinski definition) is 3. The molecule has 3 heteroatoms. The molecule has 1 aliphatic heterocycles. The zero-order valence-electron chi connectivity index (χ0n) is 11.9. The van der Waals surface area contributed by atoms with Crippen LogP contribution in [-0.2, 0) is 4.84 Å². The molecule has 0 saturated heterocycles. The SMILES string of the molecule is CC(C(=O)c1ccccc1)C1CC(c2ccccc2)=NO1. The molecule has 2 atom stereocenters. The van der Waals surface area contributed by atoms with Gasteiger partial charge >= 0.3 is 0 Å². The third-order valence-electron chi connectivity index (χ3n) is 3.83. The predicted octanol–water partition coefficient (Wildman–Crippen LogP) is 3.70. The van der Waals surface area contributed by atoms with E-state index in [9.17, 15) is 4.79 Å². The molecule has 0 amide bonds. The van der Waals surface area contributed by atoms with Crippen molar-refractivity contribution in [2.24, 2.45) is 11.1 Å². The fraction of sp³-hybridized carbons (Fsp3) is 0.222. The number of oxime groups is 1. The van der Waals surface area contributed by atoms with E-state index in [-0.39, 0.29) is 17.8 Å². The van der Waals surface area contributed by atoms with E-state index < -0.39 is 0 Å². The molecule has 0 radical (unpaired) electrons. The molecule has 1 heterocycles. The van der Waals surface area contributed by atoms with Crippen molar-refractivity contribution in [3.05, 3.63) is 71.8 Å². The number of ketones is 1. The molecule has 3 nitrogen and oxygen atoms in total. The van der Waals surface area contributed by atoms with Crippen molar-refractivity contribution in [3.63, 3.8) is 0 Å². The highest BCUT2D eigenvalue weighted by Crippen LogP contribution is 2.24. The third kappa shape index (κ3) is 2.87. The second-order valence-electron chi connectivity index (χ2n) is 5.27. The Morgan fingerprint density at radius 2 is 1.71 bits per heavy atom. The van der Waals surface area contributed by atoms with Crippen LogP contribution in [-0.4, -0.2) is 17.6 Å². The van der Waals surface area contributed by atoms with Gasteiger partial charge in [0.25, 0.3) is 0 Å². The number of hydrogen-bond donors (Lipinski definition) is 0. The normalized spacial score (nSPS) is 18.7. The first kappa shape index (κ1) is 13.6. The zero-order chi connectivity index (χ0) is 14.7.